The number of halogens is 2. The molecule has 13 nitrogen and oxygen atoms in total. The molecule has 2 aliphatic heterocycles. The molecule has 16 heteroatoms. The van der Waals surface area contributed by atoms with Gasteiger partial charge < -0.3 is 25.0 Å². The topological polar surface area (TPSA) is 177 Å². The highest BCUT2D eigenvalue weighted by Gasteiger charge is 2.62. The van der Waals surface area contributed by atoms with E-state index in [-0.39, 0.29) is 30.8 Å². The molecule has 1 saturated heterocycles. The lowest BCUT2D eigenvalue weighted by atomic mass is 10.0. The zero-order valence-electron chi connectivity index (χ0n) is 27.6. The zero-order valence-corrected chi connectivity index (χ0v) is 29.2. The number of fused-ring (bicyclic) bond motifs is 2. The van der Waals surface area contributed by atoms with Crippen LogP contribution in [0.2, 0.25) is 5.02 Å². The second kappa shape index (κ2) is 14.3. The fraction of sp³-hybridized carbons (Fsp3) is 0.606. The van der Waals surface area contributed by atoms with Crippen molar-refractivity contribution in [2.24, 2.45) is 5.92 Å². The van der Waals surface area contributed by atoms with E-state index < -0.39 is 91.7 Å². The molecule has 2 aliphatic carbocycles. The van der Waals surface area contributed by atoms with Crippen LogP contribution in [0.4, 0.5) is 9.18 Å². The van der Waals surface area contributed by atoms with Crippen molar-refractivity contribution in [1.29, 1.82) is 0 Å². The number of allylic oxidation sites excluding steroid dienone is 1. The lowest BCUT2D eigenvalue weighted by Crippen LogP contribution is -2.58. The number of nitrogens with one attached hydrogen (secondary N) is 3. The van der Waals surface area contributed by atoms with E-state index in [0.717, 1.165) is 18.6 Å². The summed E-state index contributed by atoms with van der Waals surface area (Å²) in [6.07, 6.45) is 5.43. The molecule has 0 spiro atoms. The number of hydrogen-bond donors (Lipinski definition) is 3. The van der Waals surface area contributed by atoms with Crippen molar-refractivity contribution in [3.05, 3.63) is 46.8 Å². The van der Waals surface area contributed by atoms with E-state index in [0.29, 0.717) is 32.1 Å². The van der Waals surface area contributed by atoms with Gasteiger partial charge in [-0.3, -0.25) is 19.1 Å². The Hall–Kier alpha value is -3.72. The average molecular weight is 725 g/mol. The van der Waals surface area contributed by atoms with Crippen LogP contribution in [0, 0.1) is 11.7 Å². The molecule has 2 saturated carbocycles. The third-order valence-electron chi connectivity index (χ3n) is 8.96. The number of rotatable bonds is 6. The molecule has 268 valence electrons. The normalized spacial score (nSPS) is 28.5. The van der Waals surface area contributed by atoms with Crippen LogP contribution in [0.25, 0.3) is 0 Å². The molecule has 1 aromatic carbocycles. The fourth-order valence-electron chi connectivity index (χ4n) is 6.17. The van der Waals surface area contributed by atoms with Crippen LogP contribution >= 0.6 is 11.6 Å². The second-order valence-electron chi connectivity index (χ2n) is 14.1. The van der Waals surface area contributed by atoms with Gasteiger partial charge in [0.1, 0.15) is 35.1 Å². The Morgan fingerprint density at radius 1 is 1.10 bits per heavy atom. The van der Waals surface area contributed by atoms with Crippen LogP contribution in [0.5, 0.6) is 0 Å². The highest BCUT2D eigenvalue weighted by molar-refractivity contribution is 7.91. The zero-order chi connectivity index (χ0) is 35.7. The number of amides is 4. The van der Waals surface area contributed by atoms with Crippen molar-refractivity contribution in [2.45, 2.75) is 113 Å². The average Bonchev–Trinajstić information content (AvgIpc) is 3.91. The number of alkyl carbamates (subject to hydrolysis) is 1. The second-order valence-corrected chi connectivity index (χ2v) is 16.5. The molecular weight excluding hydrogens is 683 g/mol. The van der Waals surface area contributed by atoms with Gasteiger partial charge in [0.15, 0.2) is 0 Å². The van der Waals surface area contributed by atoms with E-state index >= 15 is 0 Å². The minimum absolute atomic E-state index is 0.0720. The maximum atomic E-state index is 14.5. The number of esters is 1. The first-order chi connectivity index (χ1) is 23.0. The molecular formula is C33H42ClFN4O9S. The largest absolute Gasteiger partial charge is 0.457 e. The smallest absolute Gasteiger partial charge is 0.408 e. The summed E-state index contributed by atoms with van der Waals surface area (Å²) >= 11 is 5.82. The van der Waals surface area contributed by atoms with Gasteiger partial charge in [-0.15, -0.1) is 0 Å². The highest BCUT2D eigenvalue weighted by atomic mass is 35.5. The predicted octanol–water partition coefficient (Wildman–Crippen LogP) is 3.50. The quantitative estimate of drug-likeness (QED) is 0.293. The van der Waals surface area contributed by atoms with Crippen molar-refractivity contribution >= 4 is 51.4 Å². The van der Waals surface area contributed by atoms with Gasteiger partial charge >= 0.3 is 12.1 Å². The van der Waals surface area contributed by atoms with Crippen molar-refractivity contribution in [3.63, 3.8) is 0 Å². The molecule has 0 bridgehead atoms. The number of ether oxygens (including phenoxy) is 2. The molecule has 3 fully saturated rings. The molecule has 3 N–H and O–H groups in total. The monoisotopic (exact) mass is 724 g/mol. The van der Waals surface area contributed by atoms with Gasteiger partial charge in [0, 0.05) is 17.4 Å². The summed E-state index contributed by atoms with van der Waals surface area (Å²) in [7, 11) is -3.93. The third kappa shape index (κ3) is 8.91. The lowest BCUT2D eigenvalue weighted by molar-refractivity contribution is -0.141. The molecule has 0 aromatic heterocycles. The summed E-state index contributed by atoms with van der Waals surface area (Å²) in [5.41, 5.74) is -2.83. The lowest BCUT2D eigenvalue weighted by Gasteiger charge is -2.30. The summed E-state index contributed by atoms with van der Waals surface area (Å²) in [6, 6.07) is 1.03. The predicted molar refractivity (Wildman–Crippen MR) is 175 cm³/mol. The number of sulfonamides is 1. The number of carbonyl (C=O) groups is 5. The van der Waals surface area contributed by atoms with E-state index in [1.807, 2.05) is 6.08 Å². The molecule has 1 aromatic rings. The van der Waals surface area contributed by atoms with Gasteiger partial charge in [-0.25, -0.2) is 22.4 Å². The van der Waals surface area contributed by atoms with Crippen molar-refractivity contribution in [1.82, 2.24) is 20.3 Å². The van der Waals surface area contributed by atoms with Gasteiger partial charge in [0.25, 0.3) is 5.91 Å². The summed E-state index contributed by atoms with van der Waals surface area (Å²) in [4.78, 5) is 68.7. The van der Waals surface area contributed by atoms with E-state index in [2.05, 4.69) is 15.4 Å². The summed E-state index contributed by atoms with van der Waals surface area (Å²) in [5, 5.41) is 4.76. The standard InChI is InChI=1S/C33H42ClFN4O9S/c1-32(2,3)48-31(44)36-25-10-8-6-4-5-7-9-19-17-33(19,30(43)38-49(45,46)22-12-13-22)37-27(40)26-16-21(18-39(26)28(25)41)47-29(42)23-14-11-20(34)15-24(23)35/h7,9,11,14-15,19,21-22,25-26H,4-6,8,10,12-13,16-18H2,1-3H3,(H,36,44)(H,37,40)(H,38,43)/b9-7-/t19-,21-,25+,26+,33-/m1/s1. The highest BCUT2D eigenvalue weighted by Crippen LogP contribution is 2.46. The molecule has 2 heterocycles. The Morgan fingerprint density at radius 3 is 2.51 bits per heavy atom. The first-order valence-corrected chi connectivity index (χ1v) is 18.4. The first-order valence-electron chi connectivity index (χ1n) is 16.5. The van der Waals surface area contributed by atoms with Crippen LogP contribution in [-0.4, -0.2) is 84.2 Å². The molecule has 5 rings (SSSR count). The number of carbonyl (C=O) groups excluding carboxylic acids is 5. The SMILES string of the molecule is CC(C)(C)OC(=O)N[C@H]1CCCCC/C=C\[C@@H]2C[C@@]2(C(=O)NS(=O)(=O)C2CC2)NC(=O)[C@@H]2C[C@@H](OC(=O)c3ccc(Cl)cc3F)CN2C1=O. The Balaban J connectivity index is 1.43. The van der Waals surface area contributed by atoms with Gasteiger partial charge in [-0.2, -0.15) is 0 Å². The number of benzene rings is 1. The number of hydrogen-bond acceptors (Lipinski definition) is 9. The van der Waals surface area contributed by atoms with Gasteiger partial charge in [-0.1, -0.05) is 36.6 Å². The van der Waals surface area contributed by atoms with E-state index in [1.165, 1.54) is 11.0 Å². The first kappa shape index (κ1) is 36.6. The van der Waals surface area contributed by atoms with Gasteiger partial charge in [0.05, 0.1) is 17.4 Å². The molecule has 49 heavy (non-hydrogen) atoms. The summed E-state index contributed by atoms with van der Waals surface area (Å²) in [5.74, 6) is -4.73. The minimum atomic E-state index is -3.93. The maximum Gasteiger partial charge on any atom is 0.408 e. The summed E-state index contributed by atoms with van der Waals surface area (Å²) < 4.78 is 53.0. The van der Waals surface area contributed by atoms with Gasteiger partial charge in [-0.05, 0) is 77.5 Å². The fourth-order valence-corrected chi connectivity index (χ4v) is 7.69. The Morgan fingerprint density at radius 2 is 1.84 bits per heavy atom. The molecule has 0 unspecified atom stereocenters. The van der Waals surface area contributed by atoms with Crippen LogP contribution < -0.4 is 15.4 Å². The van der Waals surface area contributed by atoms with Crippen molar-refractivity contribution < 1.29 is 46.3 Å². The number of nitrogens with zero attached hydrogens (tertiary/aromatic N) is 1. The Bertz CT molecular complexity index is 1640. The van der Waals surface area contributed by atoms with Crippen LogP contribution in [0.15, 0.2) is 30.4 Å². The molecule has 0 radical (unpaired) electrons. The van der Waals surface area contributed by atoms with E-state index in [4.69, 9.17) is 21.1 Å². The Labute approximate surface area is 289 Å². The summed E-state index contributed by atoms with van der Waals surface area (Å²) in [6.45, 7) is 4.75. The van der Waals surface area contributed by atoms with E-state index in [9.17, 15) is 36.8 Å². The molecule has 4 aliphatic rings. The van der Waals surface area contributed by atoms with Crippen LogP contribution in [0.1, 0.15) is 88.9 Å². The van der Waals surface area contributed by atoms with Crippen molar-refractivity contribution in [3.8, 4) is 0 Å². The van der Waals surface area contributed by atoms with Gasteiger partial charge in [0.2, 0.25) is 21.8 Å². The van der Waals surface area contributed by atoms with Crippen LogP contribution in [-0.2, 0) is 33.9 Å². The maximum absolute atomic E-state index is 14.5. The minimum Gasteiger partial charge on any atom is -0.457 e. The Kier molecular flexibility index (Phi) is 10.6. The van der Waals surface area contributed by atoms with Crippen LogP contribution in [0.3, 0.4) is 0 Å². The molecule has 4 amide bonds. The molecule has 5 atom stereocenters. The van der Waals surface area contributed by atoms with E-state index in [1.54, 1.807) is 26.8 Å². The van der Waals surface area contributed by atoms with Crippen molar-refractivity contribution in [2.75, 3.05) is 6.54 Å². The third-order valence-corrected chi connectivity index (χ3v) is 11.0.